The van der Waals surface area contributed by atoms with Crippen LogP contribution in [-0.2, 0) is 0 Å². The van der Waals surface area contributed by atoms with E-state index in [1.165, 1.54) is 0 Å². The zero-order valence-corrected chi connectivity index (χ0v) is 10.4. The third kappa shape index (κ3) is 3.35. The van der Waals surface area contributed by atoms with Gasteiger partial charge in [0.15, 0.2) is 0 Å². The van der Waals surface area contributed by atoms with Crippen LogP contribution in [0.1, 0.15) is 0 Å². The lowest BCUT2D eigenvalue weighted by Crippen LogP contribution is -2.15. The summed E-state index contributed by atoms with van der Waals surface area (Å²) < 4.78 is 29.5. The molecule has 0 aromatic heterocycles. The van der Waals surface area contributed by atoms with Crippen molar-refractivity contribution in [2.45, 2.75) is 6.55 Å². The molecular weight excluding hydrogens is 219 g/mol. The predicted octanol–water partition coefficient (Wildman–Crippen LogP) is 3.28. The van der Waals surface area contributed by atoms with Gasteiger partial charge in [-0.05, 0) is 25.7 Å². The Hall–Kier alpha value is -0.473. The first-order valence-corrected chi connectivity index (χ1v) is 9.17. The summed E-state index contributed by atoms with van der Waals surface area (Å²) in [5.74, 6) is 0. The summed E-state index contributed by atoms with van der Waals surface area (Å²) in [4.78, 5) is 0. The van der Waals surface area contributed by atoms with Gasteiger partial charge in [0.2, 0.25) is 0 Å². The highest BCUT2D eigenvalue weighted by molar-refractivity contribution is 7.73. The molecule has 0 aliphatic heterocycles. The van der Waals surface area contributed by atoms with Crippen molar-refractivity contribution in [3.8, 4) is 0 Å². The molecule has 0 unspecified atom stereocenters. The molecule has 0 aliphatic rings. The second-order valence-corrected chi connectivity index (χ2v) is 9.46. The molecular formula is C9H14F2NPSi. The summed E-state index contributed by atoms with van der Waals surface area (Å²) in [5, 5.41) is 0.939. The minimum Gasteiger partial charge on any atom is -0.274 e. The van der Waals surface area contributed by atoms with E-state index in [2.05, 4.69) is 4.41 Å². The average Bonchev–Trinajstić information content (AvgIpc) is 2.01. The molecule has 0 amide bonds. The molecule has 0 saturated carbocycles. The van der Waals surface area contributed by atoms with Crippen LogP contribution in [0.3, 0.4) is 0 Å². The van der Waals surface area contributed by atoms with Crippen LogP contribution in [0.5, 0.6) is 0 Å². The van der Waals surface area contributed by atoms with E-state index >= 15 is 0 Å². The molecule has 1 nitrogen and oxygen atoms in total. The highest BCUT2D eigenvalue weighted by Gasteiger charge is 2.29. The van der Waals surface area contributed by atoms with E-state index in [1.807, 2.05) is 43.7 Å². The van der Waals surface area contributed by atoms with E-state index in [1.54, 1.807) is 0 Å². The molecule has 0 heterocycles. The molecule has 0 N–H and O–H groups in total. The predicted molar refractivity (Wildman–Crippen MR) is 61.1 cm³/mol. The van der Waals surface area contributed by atoms with Crippen LogP contribution >= 0.6 is 7.05 Å². The Morgan fingerprint density at radius 1 is 1.14 bits per heavy atom. The Labute approximate surface area is 84.7 Å². The van der Waals surface area contributed by atoms with Crippen molar-refractivity contribution in [2.75, 3.05) is 13.3 Å². The molecule has 1 rings (SSSR count). The summed E-state index contributed by atoms with van der Waals surface area (Å²) in [6.45, 7) is 4.62. The lowest BCUT2D eigenvalue weighted by Gasteiger charge is -2.16. The van der Waals surface area contributed by atoms with Gasteiger partial charge in [0.1, 0.15) is 0 Å². The van der Waals surface area contributed by atoms with E-state index in [-0.39, 0.29) is 0 Å². The number of hydrogen-bond donors (Lipinski definition) is 0. The van der Waals surface area contributed by atoms with Gasteiger partial charge >= 0.3 is 8.90 Å². The van der Waals surface area contributed by atoms with Gasteiger partial charge in [0.05, 0.1) is 0 Å². The molecule has 0 radical (unpaired) electrons. The summed E-state index contributed by atoms with van der Waals surface area (Å²) in [6.07, 6.45) is 0. The fraction of sp³-hybridized carbons (Fsp3) is 0.333. The van der Waals surface area contributed by atoms with Gasteiger partial charge in [-0.2, -0.15) is 0 Å². The molecule has 0 atom stereocenters. The number of benzene rings is 1. The van der Waals surface area contributed by atoms with Crippen LogP contribution in [-0.4, -0.2) is 22.2 Å². The Bertz CT molecular complexity index is 353. The van der Waals surface area contributed by atoms with E-state index < -0.39 is 16.0 Å². The quantitative estimate of drug-likeness (QED) is 0.422. The van der Waals surface area contributed by atoms with Crippen molar-refractivity contribution in [3.05, 3.63) is 30.3 Å². The first-order valence-electron chi connectivity index (χ1n) is 4.33. The topological polar surface area (TPSA) is 12.4 Å². The maximum atomic E-state index is 12.9. The van der Waals surface area contributed by atoms with Crippen LogP contribution in [0, 0.1) is 0 Å². The second-order valence-electron chi connectivity index (χ2n) is 3.67. The summed E-state index contributed by atoms with van der Waals surface area (Å²) in [7, 11) is -6.28. The van der Waals surface area contributed by atoms with E-state index in [9.17, 15) is 8.22 Å². The number of nitrogens with zero attached hydrogens (tertiary/aromatic N) is 1. The van der Waals surface area contributed by atoms with E-state index in [0.717, 1.165) is 11.9 Å². The van der Waals surface area contributed by atoms with Gasteiger partial charge in [-0.15, -0.1) is 0 Å². The van der Waals surface area contributed by atoms with E-state index in [4.69, 9.17) is 0 Å². The molecule has 0 spiro atoms. The van der Waals surface area contributed by atoms with Crippen molar-refractivity contribution >= 4 is 21.3 Å². The third-order valence-corrected chi connectivity index (χ3v) is 6.78. The second kappa shape index (κ2) is 3.95. The Kier molecular flexibility index (Phi) is 3.27. The highest BCUT2D eigenvalue weighted by atomic mass is 31.2. The molecule has 0 bridgehead atoms. The van der Waals surface area contributed by atoms with Gasteiger partial charge in [-0.1, -0.05) is 30.3 Å². The Balaban J connectivity index is 3.15. The first kappa shape index (κ1) is 11.6. The van der Waals surface area contributed by atoms with Crippen molar-refractivity contribution in [2.24, 2.45) is 4.41 Å². The van der Waals surface area contributed by atoms with Crippen LogP contribution < -0.4 is 5.30 Å². The van der Waals surface area contributed by atoms with Crippen molar-refractivity contribution in [1.82, 2.24) is 0 Å². The van der Waals surface area contributed by atoms with E-state index in [0.29, 0.717) is 0 Å². The molecule has 0 fully saturated rings. The maximum Gasteiger partial charge on any atom is 0.550 e. The monoisotopic (exact) mass is 233 g/mol. The van der Waals surface area contributed by atoms with Gasteiger partial charge in [-0.3, -0.25) is 4.41 Å². The fourth-order valence-electron chi connectivity index (χ4n) is 1.29. The molecule has 1 aromatic rings. The van der Waals surface area contributed by atoms with Crippen LogP contribution in [0.4, 0.5) is 8.22 Å². The normalized spacial score (nSPS) is 12.6. The third-order valence-electron chi connectivity index (χ3n) is 1.81. The van der Waals surface area contributed by atoms with Crippen molar-refractivity contribution in [3.63, 3.8) is 0 Å². The zero-order valence-electron chi connectivity index (χ0n) is 8.54. The SMILES string of the molecule is C[Si](F)(F)N=P(C)(C)c1ccccc1. The van der Waals surface area contributed by atoms with Crippen molar-refractivity contribution in [1.29, 1.82) is 0 Å². The number of halogens is 2. The molecule has 1 aromatic carbocycles. The number of hydrogen-bond acceptors (Lipinski definition) is 1. The maximum absolute atomic E-state index is 12.9. The van der Waals surface area contributed by atoms with Crippen LogP contribution in [0.25, 0.3) is 0 Å². The Morgan fingerprint density at radius 2 is 1.64 bits per heavy atom. The largest absolute Gasteiger partial charge is 0.550 e. The zero-order chi connectivity index (χ0) is 10.8. The van der Waals surface area contributed by atoms with Gasteiger partial charge in [-0.25, -0.2) is 8.22 Å². The highest BCUT2D eigenvalue weighted by Crippen LogP contribution is 2.42. The minimum absolute atomic E-state index is 0.939. The van der Waals surface area contributed by atoms with Gasteiger partial charge < -0.3 is 0 Å². The van der Waals surface area contributed by atoms with Crippen LogP contribution in [0.2, 0.25) is 6.55 Å². The Morgan fingerprint density at radius 3 is 2.07 bits per heavy atom. The summed E-state index contributed by atoms with van der Waals surface area (Å²) in [6, 6.07) is 9.35. The summed E-state index contributed by atoms with van der Waals surface area (Å²) in [5.41, 5.74) is 0. The van der Waals surface area contributed by atoms with Crippen molar-refractivity contribution < 1.29 is 8.22 Å². The molecule has 14 heavy (non-hydrogen) atoms. The molecule has 5 heteroatoms. The minimum atomic E-state index is -4.30. The standard InChI is InChI=1S/C9H14F2NPSi/c1-13(2,12-14(3,10)11)9-7-5-4-6-8-9/h4-8H,1-3H3. The average molecular weight is 233 g/mol. The fourth-order valence-corrected chi connectivity index (χ4v) is 6.17. The molecule has 78 valence electrons. The first-order chi connectivity index (χ1) is 6.31. The lowest BCUT2D eigenvalue weighted by molar-refractivity contribution is 0.619. The summed E-state index contributed by atoms with van der Waals surface area (Å²) >= 11 is 0. The number of rotatable bonds is 2. The van der Waals surface area contributed by atoms with Gasteiger partial charge in [0.25, 0.3) is 0 Å². The smallest absolute Gasteiger partial charge is 0.274 e. The van der Waals surface area contributed by atoms with Crippen LogP contribution in [0.15, 0.2) is 34.7 Å². The molecule has 0 aliphatic carbocycles. The van der Waals surface area contributed by atoms with Gasteiger partial charge in [0, 0.05) is 6.55 Å². The molecule has 0 saturated heterocycles. The lowest BCUT2D eigenvalue weighted by atomic mass is 10.4.